The highest BCUT2D eigenvalue weighted by molar-refractivity contribution is 8.01. The minimum atomic E-state index is -0.210. The zero-order chi connectivity index (χ0) is 15.1. The van der Waals surface area contributed by atoms with Gasteiger partial charge in [-0.2, -0.15) is 5.10 Å². The Morgan fingerprint density at radius 3 is 2.86 bits per heavy atom. The summed E-state index contributed by atoms with van der Waals surface area (Å²) in [5.74, 6) is 0.504. The van der Waals surface area contributed by atoms with E-state index in [1.807, 2.05) is 26.0 Å². The Hall–Kier alpha value is -1.17. The van der Waals surface area contributed by atoms with E-state index in [1.165, 1.54) is 11.8 Å². The molecule has 21 heavy (non-hydrogen) atoms. The maximum absolute atomic E-state index is 12.1. The average Bonchev–Trinajstić information content (AvgIpc) is 2.74. The molecule has 0 saturated heterocycles. The third kappa shape index (κ3) is 2.54. The molecule has 1 aromatic carbocycles. The van der Waals surface area contributed by atoms with E-state index in [0.717, 1.165) is 16.8 Å². The number of fused-ring (bicyclic) bond motifs is 1. The minimum absolute atomic E-state index is 0.0617. The molecule has 0 aliphatic carbocycles. The number of carbonyl (C=O) groups excluding carboxylic acids is 1. The van der Waals surface area contributed by atoms with Crippen molar-refractivity contribution in [1.82, 2.24) is 10.2 Å². The van der Waals surface area contributed by atoms with Crippen LogP contribution in [0.4, 0.5) is 5.82 Å². The summed E-state index contributed by atoms with van der Waals surface area (Å²) in [6.07, 6.45) is 0. The molecule has 3 rings (SSSR count). The third-order valence-electron chi connectivity index (χ3n) is 3.47. The van der Waals surface area contributed by atoms with Crippen LogP contribution in [0.3, 0.4) is 0 Å². The second kappa shape index (κ2) is 5.55. The van der Waals surface area contributed by atoms with Crippen LogP contribution in [0.1, 0.15) is 29.0 Å². The molecule has 0 fully saturated rings. The van der Waals surface area contributed by atoms with Crippen molar-refractivity contribution in [3.8, 4) is 0 Å². The van der Waals surface area contributed by atoms with Crippen LogP contribution in [0.15, 0.2) is 18.2 Å². The van der Waals surface area contributed by atoms with Crippen molar-refractivity contribution in [2.45, 2.75) is 24.3 Å². The van der Waals surface area contributed by atoms with E-state index in [2.05, 4.69) is 15.5 Å². The lowest BCUT2D eigenvalue weighted by atomic mass is 10.0. The van der Waals surface area contributed by atoms with Crippen LogP contribution in [-0.2, 0) is 4.79 Å². The first-order chi connectivity index (χ1) is 9.99. The molecule has 4 nitrogen and oxygen atoms in total. The number of thioether (sulfide) groups is 1. The van der Waals surface area contributed by atoms with Crippen LogP contribution < -0.4 is 5.32 Å². The molecule has 2 aromatic rings. The SMILES string of the molecule is Cc1[nH]nc2c1[C@@H](c1cccc(Cl)c1Cl)S[C@H](C)C(=O)N2. The van der Waals surface area contributed by atoms with E-state index in [0.29, 0.717) is 15.9 Å². The van der Waals surface area contributed by atoms with Gasteiger partial charge in [0.1, 0.15) is 0 Å². The molecule has 0 spiro atoms. The number of carbonyl (C=O) groups is 1. The van der Waals surface area contributed by atoms with Crippen molar-refractivity contribution >= 4 is 46.7 Å². The van der Waals surface area contributed by atoms with Crippen LogP contribution in [-0.4, -0.2) is 21.4 Å². The number of nitrogens with zero attached hydrogens (tertiary/aromatic N) is 1. The van der Waals surface area contributed by atoms with Gasteiger partial charge < -0.3 is 5.32 Å². The molecule has 0 radical (unpaired) electrons. The molecule has 0 unspecified atom stereocenters. The van der Waals surface area contributed by atoms with E-state index in [1.54, 1.807) is 6.07 Å². The monoisotopic (exact) mass is 341 g/mol. The summed E-state index contributed by atoms with van der Waals surface area (Å²) in [7, 11) is 0. The molecule has 1 aliphatic heterocycles. The fourth-order valence-corrected chi connectivity index (χ4v) is 4.20. The molecule has 0 bridgehead atoms. The highest BCUT2D eigenvalue weighted by atomic mass is 35.5. The lowest BCUT2D eigenvalue weighted by Gasteiger charge is -2.19. The zero-order valence-corrected chi connectivity index (χ0v) is 13.7. The summed E-state index contributed by atoms with van der Waals surface area (Å²) in [6, 6.07) is 5.55. The van der Waals surface area contributed by atoms with Gasteiger partial charge in [0.05, 0.1) is 20.5 Å². The minimum Gasteiger partial charge on any atom is -0.308 e. The number of aryl methyl sites for hydroxylation is 1. The Morgan fingerprint density at radius 1 is 1.33 bits per heavy atom. The largest absolute Gasteiger partial charge is 0.308 e. The molecule has 110 valence electrons. The summed E-state index contributed by atoms with van der Waals surface area (Å²) >= 11 is 14.0. The van der Waals surface area contributed by atoms with Crippen LogP contribution in [0.25, 0.3) is 0 Å². The maximum atomic E-state index is 12.1. The standard InChI is InChI=1S/C14H13Cl2N3OS/c1-6-10-12(8-4-3-5-9(15)11(8)16)21-7(2)14(20)17-13(10)19-18-6/h3-5,7,12H,1-2H3,(H2,17,18,19,20)/t7-,12-/m1/s1. The number of anilines is 1. The number of amides is 1. The molecular formula is C14H13Cl2N3OS. The van der Waals surface area contributed by atoms with Crippen LogP contribution in [0.5, 0.6) is 0 Å². The highest BCUT2D eigenvalue weighted by Crippen LogP contribution is 2.47. The number of halogens is 2. The number of hydrogen-bond donors (Lipinski definition) is 2. The molecular weight excluding hydrogens is 329 g/mol. The number of aromatic amines is 1. The predicted molar refractivity (Wildman–Crippen MR) is 87.3 cm³/mol. The third-order valence-corrected chi connectivity index (χ3v) is 5.69. The van der Waals surface area contributed by atoms with Crippen LogP contribution >= 0.6 is 35.0 Å². The number of rotatable bonds is 1. The lowest BCUT2D eigenvalue weighted by molar-refractivity contribution is -0.115. The van der Waals surface area contributed by atoms with Gasteiger partial charge in [-0.25, -0.2) is 0 Å². The maximum Gasteiger partial charge on any atom is 0.238 e. The van der Waals surface area contributed by atoms with Gasteiger partial charge in [0.25, 0.3) is 0 Å². The lowest BCUT2D eigenvalue weighted by Crippen LogP contribution is -2.21. The summed E-state index contributed by atoms with van der Waals surface area (Å²) in [5.41, 5.74) is 2.75. The van der Waals surface area contributed by atoms with Crippen molar-refractivity contribution < 1.29 is 4.79 Å². The topological polar surface area (TPSA) is 57.8 Å². The van der Waals surface area contributed by atoms with Crippen molar-refractivity contribution in [2.24, 2.45) is 0 Å². The summed E-state index contributed by atoms with van der Waals surface area (Å²) < 4.78 is 0. The molecule has 1 aliphatic rings. The fourth-order valence-electron chi connectivity index (χ4n) is 2.36. The van der Waals surface area contributed by atoms with E-state index in [4.69, 9.17) is 23.2 Å². The molecule has 2 N–H and O–H groups in total. The van der Waals surface area contributed by atoms with Gasteiger partial charge in [-0.05, 0) is 25.5 Å². The second-order valence-corrected chi connectivity index (χ2v) is 7.14. The molecule has 7 heteroatoms. The highest BCUT2D eigenvalue weighted by Gasteiger charge is 2.33. The van der Waals surface area contributed by atoms with Crippen LogP contribution in [0, 0.1) is 6.92 Å². The van der Waals surface area contributed by atoms with Crippen LogP contribution in [0.2, 0.25) is 10.0 Å². The quantitative estimate of drug-likeness (QED) is 0.817. The van der Waals surface area contributed by atoms with Crippen molar-refractivity contribution in [2.75, 3.05) is 5.32 Å². The Bertz CT molecular complexity index is 716. The second-order valence-electron chi connectivity index (χ2n) is 4.90. The van der Waals surface area contributed by atoms with Gasteiger partial charge in [0, 0.05) is 11.3 Å². The summed E-state index contributed by atoms with van der Waals surface area (Å²) in [6.45, 7) is 3.80. The first kappa shape index (κ1) is 14.8. The summed E-state index contributed by atoms with van der Waals surface area (Å²) in [4.78, 5) is 12.1. The molecule has 1 amide bonds. The van der Waals surface area contributed by atoms with Gasteiger partial charge >= 0.3 is 0 Å². The first-order valence-electron chi connectivity index (χ1n) is 6.44. The van der Waals surface area contributed by atoms with E-state index < -0.39 is 0 Å². The van der Waals surface area contributed by atoms with Crippen molar-refractivity contribution in [3.63, 3.8) is 0 Å². The number of nitrogens with one attached hydrogen (secondary N) is 2. The fraction of sp³-hybridized carbons (Fsp3) is 0.286. The first-order valence-corrected chi connectivity index (χ1v) is 8.14. The Labute approximate surface area is 136 Å². The average molecular weight is 342 g/mol. The number of hydrogen-bond acceptors (Lipinski definition) is 3. The Morgan fingerprint density at radius 2 is 2.10 bits per heavy atom. The van der Waals surface area contributed by atoms with Gasteiger partial charge in [0.15, 0.2) is 5.82 Å². The normalized spacial score (nSPS) is 21.6. The van der Waals surface area contributed by atoms with E-state index in [9.17, 15) is 4.79 Å². The van der Waals surface area contributed by atoms with E-state index in [-0.39, 0.29) is 16.4 Å². The van der Waals surface area contributed by atoms with Gasteiger partial charge in [-0.15, -0.1) is 11.8 Å². The van der Waals surface area contributed by atoms with Gasteiger partial charge in [-0.3, -0.25) is 9.89 Å². The van der Waals surface area contributed by atoms with E-state index >= 15 is 0 Å². The van der Waals surface area contributed by atoms with Crippen molar-refractivity contribution in [1.29, 1.82) is 0 Å². The molecule has 1 aromatic heterocycles. The predicted octanol–water partition coefficient (Wildman–Crippen LogP) is 4.19. The van der Waals surface area contributed by atoms with Gasteiger partial charge in [0.2, 0.25) is 5.91 Å². The molecule has 0 saturated carbocycles. The van der Waals surface area contributed by atoms with Gasteiger partial charge in [-0.1, -0.05) is 35.3 Å². The molecule has 2 atom stereocenters. The Balaban J connectivity index is 2.18. The Kier molecular flexibility index (Phi) is 3.90. The van der Waals surface area contributed by atoms with Crippen molar-refractivity contribution in [3.05, 3.63) is 45.1 Å². The number of benzene rings is 1. The smallest absolute Gasteiger partial charge is 0.238 e. The number of aromatic nitrogens is 2. The zero-order valence-electron chi connectivity index (χ0n) is 11.4. The summed E-state index contributed by atoms with van der Waals surface area (Å²) in [5, 5.41) is 10.7. The molecule has 2 heterocycles. The number of H-pyrrole nitrogens is 1.